The van der Waals surface area contributed by atoms with Gasteiger partial charge in [0.25, 0.3) is 0 Å². The number of aromatic nitrogens is 1. The van der Waals surface area contributed by atoms with Gasteiger partial charge in [0.2, 0.25) is 0 Å². The van der Waals surface area contributed by atoms with Crippen LogP contribution in [0.15, 0.2) is 41.6 Å². The van der Waals surface area contributed by atoms with Crippen LogP contribution in [0, 0.1) is 5.82 Å². The predicted molar refractivity (Wildman–Crippen MR) is 81.4 cm³/mol. The summed E-state index contributed by atoms with van der Waals surface area (Å²) in [7, 11) is 0. The van der Waals surface area contributed by atoms with Crippen molar-refractivity contribution in [2.24, 2.45) is 0 Å². The van der Waals surface area contributed by atoms with Crippen molar-refractivity contribution in [3.05, 3.63) is 53.6 Å². The molecule has 1 aliphatic rings. The summed E-state index contributed by atoms with van der Waals surface area (Å²) in [6.07, 6.45) is 5.31. The van der Waals surface area contributed by atoms with E-state index < -0.39 is 0 Å². The molecule has 3 rings (SSSR count). The standard InChI is InChI=1S/C16H19FN2S/c1-2-19-7-5-12(11-19)10-18-15-6-8-20-16-4-3-13(17)9-14(15)16/h3-5,7,9,11,15,18H,2,6,8,10H2,1H3. The van der Waals surface area contributed by atoms with E-state index in [-0.39, 0.29) is 11.9 Å². The SMILES string of the molecule is CCn1ccc(CNC2CCSc3ccc(F)cc32)c1. The lowest BCUT2D eigenvalue weighted by Gasteiger charge is -2.26. The van der Waals surface area contributed by atoms with Crippen LogP contribution < -0.4 is 5.32 Å². The minimum atomic E-state index is -0.143. The fourth-order valence-corrected chi connectivity index (χ4v) is 3.72. The summed E-state index contributed by atoms with van der Waals surface area (Å²) >= 11 is 1.82. The number of nitrogens with one attached hydrogen (secondary N) is 1. The van der Waals surface area contributed by atoms with E-state index in [0.29, 0.717) is 0 Å². The molecule has 0 amide bonds. The molecule has 0 aliphatic carbocycles. The first-order valence-corrected chi connectivity index (χ1v) is 8.05. The van der Waals surface area contributed by atoms with Crippen LogP contribution in [0.25, 0.3) is 0 Å². The Kier molecular flexibility index (Phi) is 4.13. The molecule has 1 aromatic carbocycles. The monoisotopic (exact) mass is 290 g/mol. The van der Waals surface area contributed by atoms with Gasteiger partial charge in [0.1, 0.15) is 5.82 Å². The lowest BCUT2D eigenvalue weighted by atomic mass is 10.0. The van der Waals surface area contributed by atoms with Crippen LogP contribution >= 0.6 is 11.8 Å². The molecule has 2 nitrogen and oxygen atoms in total. The number of benzene rings is 1. The molecular formula is C16H19FN2S. The summed E-state index contributed by atoms with van der Waals surface area (Å²) in [5, 5.41) is 3.57. The van der Waals surface area contributed by atoms with Crippen LogP contribution in [-0.4, -0.2) is 10.3 Å². The van der Waals surface area contributed by atoms with E-state index >= 15 is 0 Å². The average Bonchev–Trinajstić information content (AvgIpc) is 2.93. The van der Waals surface area contributed by atoms with Crippen LogP contribution in [0.2, 0.25) is 0 Å². The summed E-state index contributed by atoms with van der Waals surface area (Å²) in [6.45, 7) is 3.96. The number of hydrogen-bond donors (Lipinski definition) is 1. The Balaban J connectivity index is 1.71. The van der Waals surface area contributed by atoms with E-state index in [2.05, 4.69) is 35.3 Å². The zero-order valence-electron chi connectivity index (χ0n) is 11.6. The van der Waals surface area contributed by atoms with Crippen molar-refractivity contribution in [3.8, 4) is 0 Å². The van der Waals surface area contributed by atoms with Gasteiger partial charge in [-0.05, 0) is 54.5 Å². The van der Waals surface area contributed by atoms with Gasteiger partial charge in [0, 0.05) is 36.4 Å². The smallest absolute Gasteiger partial charge is 0.123 e. The van der Waals surface area contributed by atoms with Gasteiger partial charge in [-0.1, -0.05) is 0 Å². The third kappa shape index (κ3) is 2.91. The van der Waals surface area contributed by atoms with Gasteiger partial charge in [-0.25, -0.2) is 4.39 Å². The fraction of sp³-hybridized carbons (Fsp3) is 0.375. The molecule has 0 spiro atoms. The largest absolute Gasteiger partial charge is 0.354 e. The van der Waals surface area contributed by atoms with Crippen LogP contribution in [0.3, 0.4) is 0 Å². The van der Waals surface area contributed by atoms with Crippen LogP contribution in [0.4, 0.5) is 4.39 Å². The minimum Gasteiger partial charge on any atom is -0.354 e. The topological polar surface area (TPSA) is 17.0 Å². The van der Waals surface area contributed by atoms with E-state index in [4.69, 9.17) is 0 Å². The Hall–Kier alpha value is -1.26. The highest BCUT2D eigenvalue weighted by molar-refractivity contribution is 7.99. The Morgan fingerprint density at radius 3 is 3.10 bits per heavy atom. The van der Waals surface area contributed by atoms with Crippen molar-refractivity contribution in [3.63, 3.8) is 0 Å². The molecule has 106 valence electrons. The molecular weight excluding hydrogens is 271 g/mol. The quantitative estimate of drug-likeness (QED) is 0.917. The number of halogens is 1. The third-order valence-corrected chi connectivity index (χ3v) is 4.86. The molecule has 1 atom stereocenters. The Labute approximate surface area is 123 Å². The molecule has 1 aromatic heterocycles. The first-order valence-electron chi connectivity index (χ1n) is 7.06. The first kappa shape index (κ1) is 13.7. The van der Waals surface area contributed by atoms with Crippen molar-refractivity contribution in [1.82, 2.24) is 9.88 Å². The zero-order valence-corrected chi connectivity index (χ0v) is 12.4. The number of aryl methyl sites for hydroxylation is 1. The van der Waals surface area contributed by atoms with Gasteiger partial charge in [-0.2, -0.15) is 0 Å². The van der Waals surface area contributed by atoms with E-state index in [1.54, 1.807) is 12.1 Å². The predicted octanol–water partition coefficient (Wildman–Crippen LogP) is 3.97. The lowest BCUT2D eigenvalue weighted by Crippen LogP contribution is -2.24. The molecule has 1 aliphatic heterocycles. The molecule has 20 heavy (non-hydrogen) atoms. The van der Waals surface area contributed by atoms with Gasteiger partial charge < -0.3 is 9.88 Å². The van der Waals surface area contributed by atoms with Gasteiger partial charge in [0.15, 0.2) is 0 Å². The molecule has 0 saturated carbocycles. The second-order valence-electron chi connectivity index (χ2n) is 5.10. The molecule has 0 saturated heterocycles. The normalized spacial score (nSPS) is 18.0. The highest BCUT2D eigenvalue weighted by Gasteiger charge is 2.20. The summed E-state index contributed by atoms with van der Waals surface area (Å²) < 4.78 is 15.6. The molecule has 0 fully saturated rings. The summed E-state index contributed by atoms with van der Waals surface area (Å²) in [5.41, 5.74) is 2.39. The highest BCUT2D eigenvalue weighted by atomic mass is 32.2. The van der Waals surface area contributed by atoms with E-state index in [1.165, 1.54) is 10.5 Å². The summed E-state index contributed by atoms with van der Waals surface area (Å²) in [4.78, 5) is 1.21. The first-order chi connectivity index (χ1) is 9.76. The second-order valence-corrected chi connectivity index (χ2v) is 6.24. The van der Waals surface area contributed by atoms with E-state index in [0.717, 1.165) is 30.8 Å². The van der Waals surface area contributed by atoms with Crippen molar-refractivity contribution in [2.75, 3.05) is 5.75 Å². The van der Waals surface area contributed by atoms with Gasteiger partial charge in [-0.3, -0.25) is 0 Å². The summed E-state index contributed by atoms with van der Waals surface area (Å²) in [6, 6.07) is 7.52. The maximum atomic E-state index is 13.4. The number of rotatable bonds is 4. The molecule has 2 aromatic rings. The van der Waals surface area contributed by atoms with Gasteiger partial charge >= 0.3 is 0 Å². The Morgan fingerprint density at radius 1 is 1.40 bits per heavy atom. The van der Waals surface area contributed by atoms with E-state index in [1.807, 2.05) is 17.8 Å². The third-order valence-electron chi connectivity index (χ3n) is 3.74. The van der Waals surface area contributed by atoms with Crippen molar-refractivity contribution in [1.29, 1.82) is 0 Å². The molecule has 0 radical (unpaired) electrons. The number of nitrogens with zero attached hydrogens (tertiary/aromatic N) is 1. The minimum absolute atomic E-state index is 0.143. The second kappa shape index (κ2) is 6.02. The van der Waals surface area contributed by atoms with Crippen molar-refractivity contribution in [2.45, 2.75) is 37.4 Å². The van der Waals surface area contributed by atoms with Crippen molar-refractivity contribution < 1.29 is 4.39 Å². The van der Waals surface area contributed by atoms with Crippen LogP contribution in [0.1, 0.15) is 30.5 Å². The van der Waals surface area contributed by atoms with Crippen LogP contribution in [0.5, 0.6) is 0 Å². The van der Waals surface area contributed by atoms with Crippen LogP contribution in [-0.2, 0) is 13.1 Å². The molecule has 1 unspecified atom stereocenters. The average molecular weight is 290 g/mol. The molecule has 1 N–H and O–H groups in total. The molecule has 2 heterocycles. The fourth-order valence-electron chi connectivity index (χ4n) is 2.61. The number of fused-ring (bicyclic) bond motifs is 1. The maximum absolute atomic E-state index is 13.4. The highest BCUT2D eigenvalue weighted by Crippen LogP contribution is 2.36. The molecule has 4 heteroatoms. The maximum Gasteiger partial charge on any atom is 0.123 e. The molecule has 0 bridgehead atoms. The number of thioether (sulfide) groups is 1. The van der Waals surface area contributed by atoms with E-state index in [9.17, 15) is 4.39 Å². The lowest BCUT2D eigenvalue weighted by molar-refractivity contribution is 0.504. The Bertz CT molecular complexity index is 594. The van der Waals surface area contributed by atoms with Gasteiger partial charge in [0.05, 0.1) is 0 Å². The van der Waals surface area contributed by atoms with Crippen molar-refractivity contribution >= 4 is 11.8 Å². The van der Waals surface area contributed by atoms with Gasteiger partial charge in [-0.15, -0.1) is 11.8 Å². The summed E-state index contributed by atoms with van der Waals surface area (Å²) in [5.74, 6) is 0.946. The number of hydrogen-bond acceptors (Lipinski definition) is 2. The Morgan fingerprint density at radius 2 is 2.30 bits per heavy atom. The zero-order chi connectivity index (χ0) is 13.9.